The standard InChI is InChI=1S/C12H23N3/c1-2-8-13(7-1)12-6-5-11-15(12)14-9-3-4-10-14/h12H,1-11H2. The van der Waals surface area contributed by atoms with Crippen molar-refractivity contribution in [3.05, 3.63) is 0 Å². The van der Waals surface area contributed by atoms with Gasteiger partial charge in [0.15, 0.2) is 0 Å². The van der Waals surface area contributed by atoms with Crippen LogP contribution in [0.2, 0.25) is 0 Å². The minimum atomic E-state index is 0.755. The fraction of sp³-hybridized carbons (Fsp3) is 1.00. The van der Waals surface area contributed by atoms with E-state index < -0.39 is 0 Å². The van der Waals surface area contributed by atoms with Gasteiger partial charge in [0, 0.05) is 19.6 Å². The minimum Gasteiger partial charge on any atom is -0.287 e. The zero-order valence-electron chi connectivity index (χ0n) is 9.70. The van der Waals surface area contributed by atoms with Crippen molar-refractivity contribution < 1.29 is 0 Å². The minimum absolute atomic E-state index is 0.755. The SMILES string of the molecule is C1CCN(C2CCCN2N2CCCC2)C1. The summed E-state index contributed by atoms with van der Waals surface area (Å²) >= 11 is 0. The molecule has 0 aromatic heterocycles. The number of likely N-dealkylation sites (tertiary alicyclic amines) is 1. The molecule has 0 saturated carbocycles. The van der Waals surface area contributed by atoms with E-state index >= 15 is 0 Å². The maximum atomic E-state index is 2.71. The summed E-state index contributed by atoms with van der Waals surface area (Å²) in [5.74, 6) is 0. The summed E-state index contributed by atoms with van der Waals surface area (Å²) in [5.41, 5.74) is 0. The van der Waals surface area contributed by atoms with Gasteiger partial charge in [0.1, 0.15) is 0 Å². The maximum absolute atomic E-state index is 2.71. The van der Waals surface area contributed by atoms with E-state index in [-0.39, 0.29) is 0 Å². The Bertz CT molecular complexity index is 185. The summed E-state index contributed by atoms with van der Waals surface area (Å²) < 4.78 is 0. The van der Waals surface area contributed by atoms with Crippen molar-refractivity contribution in [3.63, 3.8) is 0 Å². The zero-order valence-corrected chi connectivity index (χ0v) is 9.70. The summed E-state index contributed by atoms with van der Waals surface area (Å²) in [4.78, 5) is 2.71. The molecule has 86 valence electrons. The third-order valence-electron chi connectivity index (χ3n) is 4.20. The molecule has 0 spiro atoms. The van der Waals surface area contributed by atoms with E-state index in [9.17, 15) is 0 Å². The van der Waals surface area contributed by atoms with Crippen LogP contribution >= 0.6 is 0 Å². The lowest BCUT2D eigenvalue weighted by atomic mass is 10.3. The van der Waals surface area contributed by atoms with Crippen molar-refractivity contribution in [2.75, 3.05) is 32.7 Å². The van der Waals surface area contributed by atoms with Gasteiger partial charge in [0.25, 0.3) is 0 Å². The smallest absolute Gasteiger partial charge is 0.0760 e. The lowest BCUT2D eigenvalue weighted by molar-refractivity contribution is -0.0685. The van der Waals surface area contributed by atoms with E-state index in [4.69, 9.17) is 0 Å². The highest BCUT2D eigenvalue weighted by Crippen LogP contribution is 2.27. The molecule has 3 aliphatic rings. The van der Waals surface area contributed by atoms with Gasteiger partial charge in [0.05, 0.1) is 6.17 Å². The first-order chi connectivity index (χ1) is 7.45. The molecule has 3 aliphatic heterocycles. The highest BCUT2D eigenvalue weighted by Gasteiger charge is 2.35. The first-order valence-electron chi connectivity index (χ1n) is 6.71. The third kappa shape index (κ3) is 1.93. The second kappa shape index (κ2) is 4.40. The number of rotatable bonds is 2. The van der Waals surface area contributed by atoms with E-state index in [0.717, 1.165) is 6.17 Å². The van der Waals surface area contributed by atoms with Crippen LogP contribution in [0.5, 0.6) is 0 Å². The molecule has 0 amide bonds. The zero-order chi connectivity index (χ0) is 10.1. The topological polar surface area (TPSA) is 9.72 Å². The average Bonchev–Trinajstić information content (AvgIpc) is 3.01. The van der Waals surface area contributed by atoms with Crippen molar-refractivity contribution in [1.29, 1.82) is 0 Å². The summed E-state index contributed by atoms with van der Waals surface area (Å²) in [6.45, 7) is 6.61. The lowest BCUT2D eigenvalue weighted by Gasteiger charge is -2.37. The van der Waals surface area contributed by atoms with Gasteiger partial charge in [0.2, 0.25) is 0 Å². The van der Waals surface area contributed by atoms with Crippen LogP contribution < -0.4 is 0 Å². The van der Waals surface area contributed by atoms with Crippen LogP contribution in [0.15, 0.2) is 0 Å². The molecule has 0 aromatic carbocycles. The Kier molecular flexibility index (Phi) is 2.95. The van der Waals surface area contributed by atoms with Gasteiger partial charge < -0.3 is 0 Å². The quantitative estimate of drug-likeness (QED) is 0.682. The molecule has 0 aliphatic carbocycles. The summed E-state index contributed by atoms with van der Waals surface area (Å²) in [6.07, 6.45) is 9.21. The lowest BCUT2D eigenvalue weighted by Crippen LogP contribution is -2.50. The van der Waals surface area contributed by atoms with E-state index in [2.05, 4.69) is 14.9 Å². The summed E-state index contributed by atoms with van der Waals surface area (Å²) in [5, 5.41) is 5.30. The van der Waals surface area contributed by atoms with E-state index in [1.807, 2.05) is 0 Å². The van der Waals surface area contributed by atoms with Gasteiger partial charge in [-0.05, 0) is 51.6 Å². The Balaban J connectivity index is 1.65. The van der Waals surface area contributed by atoms with Crippen LogP contribution in [0.4, 0.5) is 0 Å². The molecule has 1 unspecified atom stereocenters. The second-order valence-corrected chi connectivity index (χ2v) is 5.19. The molecule has 0 aromatic rings. The van der Waals surface area contributed by atoms with Crippen molar-refractivity contribution in [1.82, 2.24) is 14.9 Å². The first-order valence-corrected chi connectivity index (χ1v) is 6.71. The number of hydrogen-bond donors (Lipinski definition) is 0. The number of hydrazine groups is 1. The van der Waals surface area contributed by atoms with Crippen LogP contribution in [0.1, 0.15) is 38.5 Å². The van der Waals surface area contributed by atoms with E-state index in [1.54, 1.807) is 0 Å². The average molecular weight is 209 g/mol. The van der Waals surface area contributed by atoms with Crippen molar-refractivity contribution in [2.24, 2.45) is 0 Å². The molecule has 3 nitrogen and oxygen atoms in total. The summed E-state index contributed by atoms with van der Waals surface area (Å²) in [7, 11) is 0. The maximum Gasteiger partial charge on any atom is 0.0760 e. The fourth-order valence-corrected chi connectivity index (χ4v) is 3.43. The molecule has 0 radical (unpaired) electrons. The molecular weight excluding hydrogens is 186 g/mol. The Morgan fingerprint density at radius 1 is 0.667 bits per heavy atom. The molecule has 0 bridgehead atoms. The van der Waals surface area contributed by atoms with E-state index in [1.165, 1.54) is 71.2 Å². The van der Waals surface area contributed by atoms with Gasteiger partial charge in [-0.3, -0.25) is 4.90 Å². The van der Waals surface area contributed by atoms with Crippen molar-refractivity contribution >= 4 is 0 Å². The van der Waals surface area contributed by atoms with Crippen LogP contribution in [0.3, 0.4) is 0 Å². The molecule has 0 N–H and O–H groups in total. The number of hydrogen-bond acceptors (Lipinski definition) is 3. The Hall–Kier alpha value is -0.120. The van der Waals surface area contributed by atoms with Gasteiger partial charge >= 0.3 is 0 Å². The molecule has 1 atom stereocenters. The Labute approximate surface area is 93.0 Å². The molecule has 3 heterocycles. The van der Waals surface area contributed by atoms with Crippen LogP contribution in [0, 0.1) is 0 Å². The fourth-order valence-electron chi connectivity index (χ4n) is 3.43. The predicted octanol–water partition coefficient (Wildman–Crippen LogP) is 1.51. The number of nitrogens with zero attached hydrogens (tertiary/aromatic N) is 3. The second-order valence-electron chi connectivity index (χ2n) is 5.19. The Morgan fingerprint density at radius 3 is 2.07 bits per heavy atom. The van der Waals surface area contributed by atoms with Crippen molar-refractivity contribution in [3.8, 4) is 0 Å². The monoisotopic (exact) mass is 209 g/mol. The summed E-state index contributed by atoms with van der Waals surface area (Å²) in [6, 6.07) is 0. The third-order valence-corrected chi connectivity index (χ3v) is 4.20. The normalized spacial score (nSPS) is 35.6. The Morgan fingerprint density at radius 2 is 1.33 bits per heavy atom. The molecule has 3 fully saturated rings. The van der Waals surface area contributed by atoms with Gasteiger partial charge in [-0.1, -0.05) is 0 Å². The van der Waals surface area contributed by atoms with E-state index in [0.29, 0.717) is 0 Å². The molecule has 3 heteroatoms. The molecular formula is C12H23N3. The van der Waals surface area contributed by atoms with Gasteiger partial charge in [-0.2, -0.15) is 0 Å². The molecule has 3 saturated heterocycles. The molecule has 3 rings (SSSR count). The van der Waals surface area contributed by atoms with Gasteiger partial charge in [-0.15, -0.1) is 0 Å². The van der Waals surface area contributed by atoms with Gasteiger partial charge in [-0.25, -0.2) is 10.0 Å². The highest BCUT2D eigenvalue weighted by atomic mass is 15.7. The predicted molar refractivity (Wildman–Crippen MR) is 61.3 cm³/mol. The van der Waals surface area contributed by atoms with Crippen LogP contribution in [0.25, 0.3) is 0 Å². The van der Waals surface area contributed by atoms with Crippen molar-refractivity contribution in [2.45, 2.75) is 44.7 Å². The first kappa shape index (κ1) is 10.1. The largest absolute Gasteiger partial charge is 0.287 e. The molecule has 15 heavy (non-hydrogen) atoms. The highest BCUT2D eigenvalue weighted by molar-refractivity contribution is 4.82. The van der Waals surface area contributed by atoms with Crippen LogP contribution in [-0.4, -0.2) is 53.8 Å². The van der Waals surface area contributed by atoms with Crippen LogP contribution in [-0.2, 0) is 0 Å².